The largest absolute Gasteiger partial charge is 0.381 e. The lowest BCUT2D eigenvalue weighted by Crippen LogP contribution is -2.44. The lowest BCUT2D eigenvalue weighted by molar-refractivity contribution is 0.581. The molecule has 4 nitrogen and oxygen atoms in total. The predicted molar refractivity (Wildman–Crippen MR) is 80.7 cm³/mol. The molecule has 0 saturated carbocycles. The first-order valence-corrected chi connectivity index (χ1v) is 8.44. The van der Waals surface area contributed by atoms with Gasteiger partial charge in [-0.3, -0.25) is 0 Å². The van der Waals surface area contributed by atoms with Gasteiger partial charge in [0.05, 0.1) is 22.4 Å². The van der Waals surface area contributed by atoms with Gasteiger partial charge in [-0.05, 0) is 32.9 Å². The molecule has 0 amide bonds. The van der Waals surface area contributed by atoms with Gasteiger partial charge in [0.15, 0.2) is 9.84 Å². The van der Waals surface area contributed by atoms with Gasteiger partial charge in [-0.25, -0.2) is 8.42 Å². The fourth-order valence-electron chi connectivity index (χ4n) is 2.28. The first-order chi connectivity index (χ1) is 8.92. The zero-order valence-corrected chi connectivity index (χ0v) is 12.6. The summed E-state index contributed by atoms with van der Waals surface area (Å²) in [7, 11) is -2.99. The Labute approximate surface area is 115 Å². The van der Waals surface area contributed by atoms with Crippen LogP contribution >= 0.6 is 0 Å². The number of nitrogens with zero attached hydrogens (tertiary/aromatic N) is 1. The van der Waals surface area contributed by atoms with E-state index in [-0.39, 0.29) is 11.0 Å². The van der Waals surface area contributed by atoms with Crippen LogP contribution in [0.25, 0.3) is 0 Å². The van der Waals surface area contributed by atoms with Gasteiger partial charge in [-0.2, -0.15) is 0 Å². The van der Waals surface area contributed by atoms with Crippen molar-refractivity contribution in [2.24, 2.45) is 0 Å². The predicted octanol–water partition coefficient (Wildman–Crippen LogP) is 2.13. The van der Waals surface area contributed by atoms with Gasteiger partial charge in [0.25, 0.3) is 0 Å². The van der Waals surface area contributed by atoms with Crippen LogP contribution in [0.3, 0.4) is 0 Å². The van der Waals surface area contributed by atoms with E-state index in [0.29, 0.717) is 12.6 Å². The van der Waals surface area contributed by atoms with E-state index in [9.17, 15) is 8.42 Å². The number of hydrogen-bond acceptors (Lipinski definition) is 4. The number of benzene rings is 1. The van der Waals surface area contributed by atoms with Crippen molar-refractivity contribution in [2.75, 3.05) is 29.1 Å². The summed E-state index contributed by atoms with van der Waals surface area (Å²) in [6, 6.07) is 8.36. The highest BCUT2D eigenvalue weighted by Gasteiger charge is 2.25. The zero-order valence-electron chi connectivity index (χ0n) is 11.8. The van der Waals surface area contributed by atoms with Crippen LogP contribution in [0.1, 0.15) is 20.8 Å². The Balaban J connectivity index is 2.16. The fourth-order valence-corrected chi connectivity index (χ4v) is 3.20. The van der Waals surface area contributed by atoms with Crippen molar-refractivity contribution in [3.8, 4) is 0 Å². The summed E-state index contributed by atoms with van der Waals surface area (Å²) in [5.74, 6) is 0.212. The van der Waals surface area contributed by atoms with Gasteiger partial charge in [0.2, 0.25) is 0 Å². The Hall–Kier alpha value is -1.23. The molecule has 1 unspecified atom stereocenters. The molecular weight excluding hydrogens is 260 g/mol. The monoisotopic (exact) mass is 282 g/mol. The van der Waals surface area contributed by atoms with Crippen LogP contribution in [0.4, 0.5) is 11.4 Å². The van der Waals surface area contributed by atoms with Gasteiger partial charge in [0.1, 0.15) is 0 Å². The number of sulfone groups is 1. The molecule has 0 fully saturated rings. The smallest absolute Gasteiger partial charge is 0.154 e. The van der Waals surface area contributed by atoms with Crippen LogP contribution in [-0.4, -0.2) is 38.6 Å². The molecule has 1 aliphatic rings. The number of rotatable bonds is 4. The van der Waals surface area contributed by atoms with Gasteiger partial charge < -0.3 is 10.2 Å². The van der Waals surface area contributed by atoms with E-state index >= 15 is 0 Å². The molecule has 2 rings (SSSR count). The van der Waals surface area contributed by atoms with Crippen molar-refractivity contribution in [2.45, 2.75) is 32.1 Å². The maximum atomic E-state index is 11.9. The van der Waals surface area contributed by atoms with Gasteiger partial charge in [-0.15, -0.1) is 0 Å². The highest BCUT2D eigenvalue weighted by atomic mass is 32.2. The molecular formula is C14H22N2O2S. The number of nitrogens with one attached hydrogen (secondary N) is 1. The van der Waals surface area contributed by atoms with Crippen molar-refractivity contribution < 1.29 is 8.42 Å². The lowest BCUT2D eigenvalue weighted by atomic mass is 10.1. The molecule has 0 saturated heterocycles. The van der Waals surface area contributed by atoms with E-state index in [1.165, 1.54) is 0 Å². The van der Waals surface area contributed by atoms with Crippen LogP contribution in [0.5, 0.6) is 0 Å². The normalized spacial score (nSPS) is 19.2. The van der Waals surface area contributed by atoms with E-state index in [4.69, 9.17) is 0 Å². The Morgan fingerprint density at radius 2 is 2.05 bits per heavy atom. The Morgan fingerprint density at radius 1 is 1.37 bits per heavy atom. The van der Waals surface area contributed by atoms with Crippen molar-refractivity contribution in [1.29, 1.82) is 0 Å². The minimum atomic E-state index is -2.99. The average Bonchev–Trinajstić information content (AvgIpc) is 2.37. The number of para-hydroxylation sites is 2. The minimum Gasteiger partial charge on any atom is -0.381 e. The maximum Gasteiger partial charge on any atom is 0.154 e. The third-order valence-corrected chi connectivity index (χ3v) is 5.86. The van der Waals surface area contributed by atoms with E-state index < -0.39 is 9.84 Å². The van der Waals surface area contributed by atoms with Gasteiger partial charge in [-0.1, -0.05) is 12.1 Å². The fraction of sp³-hybridized carbons (Fsp3) is 0.571. The van der Waals surface area contributed by atoms with Crippen molar-refractivity contribution in [3.63, 3.8) is 0 Å². The molecule has 5 heteroatoms. The molecule has 19 heavy (non-hydrogen) atoms. The molecule has 0 aromatic heterocycles. The van der Waals surface area contributed by atoms with Crippen LogP contribution in [0.15, 0.2) is 24.3 Å². The summed E-state index contributed by atoms with van der Waals surface area (Å²) in [6.07, 6.45) is 0. The average molecular weight is 282 g/mol. The SMILES string of the molecule is CC1CNc2ccccc2N1CCS(=O)(=O)C(C)C. The summed E-state index contributed by atoms with van der Waals surface area (Å²) in [4.78, 5) is 2.19. The molecule has 1 aromatic carbocycles. The van der Waals surface area contributed by atoms with Gasteiger partial charge in [0, 0.05) is 19.1 Å². The van der Waals surface area contributed by atoms with Crippen LogP contribution in [0.2, 0.25) is 0 Å². The molecule has 0 aliphatic carbocycles. The molecule has 1 atom stereocenters. The maximum absolute atomic E-state index is 11.9. The van der Waals surface area contributed by atoms with Crippen molar-refractivity contribution in [1.82, 2.24) is 0 Å². The summed E-state index contributed by atoms with van der Waals surface area (Å²) >= 11 is 0. The highest BCUT2D eigenvalue weighted by Crippen LogP contribution is 2.30. The first-order valence-electron chi connectivity index (χ1n) is 6.73. The second kappa shape index (κ2) is 5.41. The summed E-state index contributed by atoms with van der Waals surface area (Å²) in [6.45, 7) is 7.00. The second-order valence-electron chi connectivity index (χ2n) is 5.36. The van der Waals surface area contributed by atoms with E-state index in [1.807, 2.05) is 24.3 Å². The molecule has 1 heterocycles. The quantitative estimate of drug-likeness (QED) is 0.919. The summed E-state index contributed by atoms with van der Waals surface area (Å²) in [5.41, 5.74) is 2.18. The first kappa shape index (κ1) is 14.2. The van der Waals surface area contributed by atoms with E-state index in [2.05, 4.69) is 17.1 Å². The number of anilines is 2. The van der Waals surface area contributed by atoms with Gasteiger partial charge >= 0.3 is 0 Å². The third kappa shape index (κ3) is 3.03. The topological polar surface area (TPSA) is 49.4 Å². The number of fused-ring (bicyclic) bond motifs is 1. The molecule has 0 radical (unpaired) electrons. The van der Waals surface area contributed by atoms with Crippen molar-refractivity contribution in [3.05, 3.63) is 24.3 Å². The molecule has 1 N–H and O–H groups in total. The van der Waals surface area contributed by atoms with Crippen LogP contribution in [0, 0.1) is 0 Å². The Bertz CT molecular complexity index is 540. The van der Waals surface area contributed by atoms with Crippen molar-refractivity contribution >= 4 is 21.2 Å². The van der Waals surface area contributed by atoms with Crippen LogP contribution < -0.4 is 10.2 Å². The number of hydrogen-bond donors (Lipinski definition) is 1. The molecule has 106 valence electrons. The Morgan fingerprint density at radius 3 is 2.74 bits per heavy atom. The molecule has 1 aromatic rings. The van der Waals surface area contributed by atoms with E-state index in [1.54, 1.807) is 13.8 Å². The third-order valence-electron chi connectivity index (χ3n) is 3.67. The molecule has 1 aliphatic heterocycles. The zero-order chi connectivity index (χ0) is 14.0. The van der Waals surface area contributed by atoms with E-state index in [0.717, 1.165) is 17.9 Å². The molecule has 0 bridgehead atoms. The van der Waals surface area contributed by atoms with Crippen LogP contribution in [-0.2, 0) is 9.84 Å². The lowest BCUT2D eigenvalue weighted by Gasteiger charge is -2.37. The minimum absolute atomic E-state index is 0.212. The Kier molecular flexibility index (Phi) is 4.04. The summed E-state index contributed by atoms with van der Waals surface area (Å²) < 4.78 is 23.9. The standard InChI is InChI=1S/C14H22N2O2S/c1-11(2)19(17,18)9-8-16-12(3)10-15-13-6-4-5-7-14(13)16/h4-7,11-12,15H,8-10H2,1-3H3. The highest BCUT2D eigenvalue weighted by molar-refractivity contribution is 7.92. The second-order valence-corrected chi connectivity index (χ2v) is 8.03. The summed E-state index contributed by atoms with van der Waals surface area (Å²) in [5, 5.41) is 3.07. The molecule has 0 spiro atoms.